The Balaban J connectivity index is 0.000000211. The number of hydrogen-bond donors (Lipinski definition) is 2. The zero-order valence-electron chi connectivity index (χ0n) is 8.39. The van der Waals surface area contributed by atoms with Gasteiger partial charge in [0.15, 0.2) is 0 Å². The lowest BCUT2D eigenvalue weighted by atomic mass is 10.1. The molecule has 0 aromatic carbocycles. The van der Waals surface area contributed by atoms with Gasteiger partial charge in [-0.25, -0.2) is 4.89 Å². The minimum Gasteiger partial charge on any atom is -0.317 e. The summed E-state index contributed by atoms with van der Waals surface area (Å²) >= 11 is 0. The first kappa shape index (κ1) is 11.9. The van der Waals surface area contributed by atoms with Crippen LogP contribution in [0.2, 0.25) is 0 Å². The summed E-state index contributed by atoms with van der Waals surface area (Å²) in [4.78, 5) is 4.09. The minimum atomic E-state index is -0.361. The monoisotopic (exact) mass is 175 g/mol. The van der Waals surface area contributed by atoms with Crippen molar-refractivity contribution >= 4 is 0 Å². The van der Waals surface area contributed by atoms with Crippen molar-refractivity contribution in [1.29, 1.82) is 0 Å². The van der Waals surface area contributed by atoms with Crippen LogP contribution in [0.3, 0.4) is 0 Å². The van der Waals surface area contributed by atoms with E-state index >= 15 is 0 Å². The fraction of sp³-hybridized carbons (Fsp3) is 1.00. The third-order valence-corrected chi connectivity index (χ3v) is 2.06. The van der Waals surface area contributed by atoms with E-state index < -0.39 is 0 Å². The Bertz CT molecular complexity index is 87.1. The lowest BCUT2D eigenvalue weighted by molar-refractivity contribution is -0.313. The number of rotatable bonds is 2. The molecule has 0 bridgehead atoms. The molecular weight excluding hydrogens is 154 g/mol. The molecule has 3 heteroatoms. The van der Waals surface area contributed by atoms with Crippen LogP contribution in [0, 0.1) is 0 Å². The first-order chi connectivity index (χ1) is 5.62. The Morgan fingerprint density at radius 3 is 1.92 bits per heavy atom. The maximum Gasteiger partial charge on any atom is 0.0974 e. The predicted molar refractivity (Wildman–Crippen MR) is 50.2 cm³/mol. The molecule has 0 spiro atoms. The van der Waals surface area contributed by atoms with Crippen LogP contribution < -0.4 is 5.32 Å². The zero-order chi connectivity index (χ0) is 9.45. The van der Waals surface area contributed by atoms with Crippen LogP contribution in [-0.4, -0.2) is 23.9 Å². The van der Waals surface area contributed by atoms with E-state index in [4.69, 9.17) is 5.26 Å². The van der Waals surface area contributed by atoms with Crippen molar-refractivity contribution in [3.63, 3.8) is 0 Å². The van der Waals surface area contributed by atoms with E-state index in [-0.39, 0.29) is 5.60 Å². The maximum atomic E-state index is 8.09. The van der Waals surface area contributed by atoms with Gasteiger partial charge >= 0.3 is 0 Å². The topological polar surface area (TPSA) is 41.5 Å². The van der Waals surface area contributed by atoms with Crippen LogP contribution in [0.15, 0.2) is 0 Å². The zero-order valence-corrected chi connectivity index (χ0v) is 8.39. The van der Waals surface area contributed by atoms with E-state index in [1.807, 2.05) is 20.8 Å². The summed E-state index contributed by atoms with van der Waals surface area (Å²) in [5, 5.41) is 11.3. The van der Waals surface area contributed by atoms with Crippen LogP contribution in [0.1, 0.15) is 40.0 Å². The Labute approximate surface area is 75.0 Å². The van der Waals surface area contributed by atoms with Gasteiger partial charge in [-0.05, 0) is 46.2 Å². The summed E-state index contributed by atoms with van der Waals surface area (Å²) in [6.45, 7) is 8.11. The van der Waals surface area contributed by atoms with Gasteiger partial charge in [-0.2, -0.15) is 0 Å². The Hall–Kier alpha value is -0.120. The van der Waals surface area contributed by atoms with Crippen molar-refractivity contribution in [3.8, 4) is 0 Å². The lowest BCUT2D eigenvalue weighted by Crippen LogP contribution is -2.20. The van der Waals surface area contributed by atoms with E-state index in [1.54, 1.807) is 0 Å². The molecule has 12 heavy (non-hydrogen) atoms. The molecule has 0 unspecified atom stereocenters. The highest BCUT2D eigenvalue weighted by atomic mass is 17.1. The van der Waals surface area contributed by atoms with E-state index in [0.29, 0.717) is 0 Å². The normalized spacial score (nSPS) is 17.0. The van der Waals surface area contributed by atoms with Crippen LogP contribution >= 0.6 is 0 Å². The van der Waals surface area contributed by atoms with Gasteiger partial charge in [0.2, 0.25) is 0 Å². The van der Waals surface area contributed by atoms with Crippen LogP contribution in [0.4, 0.5) is 0 Å². The SMILES string of the molecule is C1CCNC1.CCC(C)(C)OO. The molecule has 0 aromatic rings. The fourth-order valence-electron chi connectivity index (χ4n) is 0.690. The molecule has 3 nitrogen and oxygen atoms in total. The quantitative estimate of drug-likeness (QED) is 0.498. The molecule has 2 N–H and O–H groups in total. The fourth-order valence-corrected chi connectivity index (χ4v) is 0.690. The number of hydrogen-bond acceptors (Lipinski definition) is 3. The summed E-state index contributed by atoms with van der Waals surface area (Å²) in [7, 11) is 0. The van der Waals surface area contributed by atoms with Crippen molar-refractivity contribution < 1.29 is 10.1 Å². The molecule has 0 radical (unpaired) electrons. The van der Waals surface area contributed by atoms with Crippen molar-refractivity contribution in [1.82, 2.24) is 5.32 Å². The Kier molecular flexibility index (Phi) is 6.34. The van der Waals surface area contributed by atoms with Gasteiger partial charge in [-0.3, -0.25) is 5.26 Å². The van der Waals surface area contributed by atoms with E-state index in [1.165, 1.54) is 25.9 Å². The van der Waals surface area contributed by atoms with Crippen LogP contribution in [-0.2, 0) is 4.89 Å². The summed E-state index contributed by atoms with van der Waals surface area (Å²) in [6.07, 6.45) is 3.60. The largest absolute Gasteiger partial charge is 0.317 e. The lowest BCUT2D eigenvalue weighted by Gasteiger charge is -2.16. The van der Waals surface area contributed by atoms with Gasteiger partial charge in [-0.15, -0.1) is 0 Å². The van der Waals surface area contributed by atoms with E-state index in [0.717, 1.165) is 6.42 Å². The first-order valence-corrected chi connectivity index (χ1v) is 4.65. The Morgan fingerprint density at radius 2 is 1.83 bits per heavy atom. The van der Waals surface area contributed by atoms with Gasteiger partial charge in [0.25, 0.3) is 0 Å². The molecule has 1 aliphatic rings. The molecule has 0 saturated carbocycles. The highest BCUT2D eigenvalue weighted by Gasteiger charge is 2.13. The highest BCUT2D eigenvalue weighted by molar-refractivity contribution is 4.61. The summed E-state index contributed by atoms with van der Waals surface area (Å²) in [5.41, 5.74) is -0.361. The van der Waals surface area contributed by atoms with Crippen molar-refractivity contribution in [2.75, 3.05) is 13.1 Å². The second kappa shape index (κ2) is 6.40. The second-order valence-corrected chi connectivity index (χ2v) is 3.66. The van der Waals surface area contributed by atoms with Gasteiger partial charge < -0.3 is 5.32 Å². The summed E-state index contributed by atoms with van der Waals surface area (Å²) in [5.74, 6) is 0. The maximum absolute atomic E-state index is 8.09. The first-order valence-electron chi connectivity index (χ1n) is 4.65. The second-order valence-electron chi connectivity index (χ2n) is 3.66. The minimum absolute atomic E-state index is 0.361. The van der Waals surface area contributed by atoms with Gasteiger partial charge in [0, 0.05) is 0 Å². The molecule has 1 fully saturated rings. The van der Waals surface area contributed by atoms with E-state index in [9.17, 15) is 0 Å². The van der Waals surface area contributed by atoms with Crippen LogP contribution in [0.5, 0.6) is 0 Å². The van der Waals surface area contributed by atoms with Crippen molar-refractivity contribution in [2.24, 2.45) is 0 Å². The molecular formula is C9H21NO2. The van der Waals surface area contributed by atoms with Crippen LogP contribution in [0.25, 0.3) is 0 Å². The number of nitrogens with one attached hydrogen (secondary N) is 1. The van der Waals surface area contributed by atoms with Gasteiger partial charge in [0.05, 0.1) is 5.60 Å². The average molecular weight is 175 g/mol. The Morgan fingerprint density at radius 1 is 1.33 bits per heavy atom. The summed E-state index contributed by atoms with van der Waals surface area (Å²) < 4.78 is 0. The smallest absolute Gasteiger partial charge is 0.0974 e. The standard InChI is InChI=1S/C5H12O2.C4H9N/c1-4-5(2,3)7-6;1-2-4-5-3-1/h6H,4H2,1-3H3;5H,1-4H2. The van der Waals surface area contributed by atoms with Gasteiger partial charge in [0.1, 0.15) is 0 Å². The highest BCUT2D eigenvalue weighted by Crippen LogP contribution is 2.10. The molecule has 0 aliphatic carbocycles. The summed E-state index contributed by atoms with van der Waals surface area (Å²) in [6, 6.07) is 0. The predicted octanol–water partition coefficient (Wildman–Crippen LogP) is 2.03. The van der Waals surface area contributed by atoms with Crippen molar-refractivity contribution in [3.05, 3.63) is 0 Å². The molecule has 1 aliphatic heterocycles. The average Bonchev–Trinajstić information content (AvgIpc) is 2.62. The molecule has 0 aromatic heterocycles. The molecule has 1 heterocycles. The van der Waals surface area contributed by atoms with Gasteiger partial charge in [-0.1, -0.05) is 6.92 Å². The molecule has 74 valence electrons. The molecule has 0 amide bonds. The molecule has 1 rings (SSSR count). The van der Waals surface area contributed by atoms with E-state index in [2.05, 4.69) is 10.2 Å². The molecule has 0 atom stereocenters. The third-order valence-electron chi connectivity index (χ3n) is 2.06. The van der Waals surface area contributed by atoms with Crippen molar-refractivity contribution in [2.45, 2.75) is 45.6 Å². The third kappa shape index (κ3) is 6.58. The molecule has 1 saturated heterocycles.